The van der Waals surface area contributed by atoms with Gasteiger partial charge in [0.1, 0.15) is 0 Å². The minimum absolute atomic E-state index is 0.0279. The maximum atomic E-state index is 11.5. The third-order valence-corrected chi connectivity index (χ3v) is 2.65. The molecule has 0 amide bonds. The summed E-state index contributed by atoms with van der Waals surface area (Å²) >= 11 is 0. The monoisotopic (exact) mass is 222 g/mol. The highest BCUT2D eigenvalue weighted by Crippen LogP contribution is 2.12. The van der Waals surface area contributed by atoms with E-state index in [-0.39, 0.29) is 5.78 Å². The minimum Gasteiger partial charge on any atom is -0.289 e. The molecule has 1 nitrogen and oxygen atoms in total. The summed E-state index contributed by atoms with van der Waals surface area (Å²) in [5, 5.41) is 0. The Balaban J connectivity index is 2.22. The van der Waals surface area contributed by atoms with Gasteiger partial charge in [0.2, 0.25) is 0 Å². The third kappa shape index (κ3) is 2.91. The molecule has 0 aromatic heterocycles. The van der Waals surface area contributed by atoms with Crippen LogP contribution in [0.5, 0.6) is 0 Å². The fraction of sp³-hybridized carbons (Fsp3) is 0.0625. The molecule has 2 aromatic rings. The van der Waals surface area contributed by atoms with Gasteiger partial charge in [-0.3, -0.25) is 4.79 Å². The number of benzene rings is 2. The summed E-state index contributed by atoms with van der Waals surface area (Å²) < 4.78 is 0. The zero-order chi connectivity index (χ0) is 12.1. The Morgan fingerprint density at radius 3 is 2.41 bits per heavy atom. The molecule has 0 unspecified atom stereocenters. The van der Waals surface area contributed by atoms with Gasteiger partial charge in [-0.1, -0.05) is 55.1 Å². The molecule has 84 valence electrons. The molecule has 0 N–H and O–H groups in total. The highest BCUT2D eigenvalue weighted by Gasteiger charge is 2.02. The second-order valence-electron chi connectivity index (χ2n) is 3.93. The van der Waals surface area contributed by atoms with Crippen molar-refractivity contribution in [3.05, 3.63) is 83.9 Å². The lowest BCUT2D eigenvalue weighted by atomic mass is 10.0. The first-order valence-corrected chi connectivity index (χ1v) is 5.59. The molecular weight excluding hydrogens is 208 g/mol. The van der Waals surface area contributed by atoms with E-state index >= 15 is 0 Å². The third-order valence-electron chi connectivity index (χ3n) is 2.65. The number of rotatable bonds is 4. The number of hydrogen-bond acceptors (Lipinski definition) is 1. The van der Waals surface area contributed by atoms with E-state index in [1.165, 1.54) is 11.6 Å². The number of allylic oxidation sites excluding steroid dienone is 1. The van der Waals surface area contributed by atoms with Crippen molar-refractivity contribution in [2.24, 2.45) is 0 Å². The standard InChI is InChI=1S/C16H14O/c1-2-16(17)15-10-6-9-14(12-15)11-13-7-4-3-5-8-13/h2-10,12H,1,11H2. The highest BCUT2D eigenvalue weighted by atomic mass is 16.1. The smallest absolute Gasteiger partial charge is 0.185 e. The van der Waals surface area contributed by atoms with E-state index in [2.05, 4.69) is 18.7 Å². The molecule has 0 aliphatic carbocycles. The van der Waals surface area contributed by atoms with Crippen LogP contribution in [0.3, 0.4) is 0 Å². The Labute approximate surface area is 101 Å². The van der Waals surface area contributed by atoms with Gasteiger partial charge < -0.3 is 0 Å². The Morgan fingerprint density at radius 2 is 1.71 bits per heavy atom. The van der Waals surface area contributed by atoms with Gasteiger partial charge in [0, 0.05) is 5.56 Å². The van der Waals surface area contributed by atoms with E-state index in [1.54, 1.807) is 0 Å². The van der Waals surface area contributed by atoms with E-state index in [4.69, 9.17) is 0 Å². The molecule has 0 radical (unpaired) electrons. The van der Waals surface area contributed by atoms with E-state index in [9.17, 15) is 4.79 Å². The molecule has 0 bridgehead atoms. The Morgan fingerprint density at radius 1 is 1.00 bits per heavy atom. The highest BCUT2D eigenvalue weighted by molar-refractivity contribution is 6.04. The van der Waals surface area contributed by atoms with E-state index in [1.807, 2.05) is 42.5 Å². The topological polar surface area (TPSA) is 17.1 Å². The summed E-state index contributed by atoms with van der Waals surface area (Å²) in [6, 6.07) is 17.9. The van der Waals surface area contributed by atoms with E-state index < -0.39 is 0 Å². The predicted molar refractivity (Wildman–Crippen MR) is 70.2 cm³/mol. The fourth-order valence-electron chi connectivity index (χ4n) is 1.78. The van der Waals surface area contributed by atoms with Crippen molar-refractivity contribution >= 4 is 5.78 Å². The van der Waals surface area contributed by atoms with Gasteiger partial charge in [-0.15, -0.1) is 0 Å². The number of ketones is 1. The normalized spacial score (nSPS) is 9.88. The van der Waals surface area contributed by atoms with Crippen LogP contribution in [-0.4, -0.2) is 5.78 Å². The molecule has 0 aliphatic heterocycles. The first-order chi connectivity index (χ1) is 8.29. The number of carbonyl (C=O) groups is 1. The second kappa shape index (κ2) is 5.26. The van der Waals surface area contributed by atoms with Crippen molar-refractivity contribution in [2.45, 2.75) is 6.42 Å². The summed E-state index contributed by atoms with van der Waals surface area (Å²) in [4.78, 5) is 11.5. The molecule has 2 rings (SSSR count). The maximum Gasteiger partial charge on any atom is 0.185 e. The van der Waals surface area contributed by atoms with Crippen molar-refractivity contribution in [3.63, 3.8) is 0 Å². The summed E-state index contributed by atoms with van der Waals surface area (Å²) in [7, 11) is 0. The molecule has 2 aromatic carbocycles. The van der Waals surface area contributed by atoms with Crippen LogP contribution in [0.4, 0.5) is 0 Å². The first kappa shape index (κ1) is 11.3. The van der Waals surface area contributed by atoms with Crippen molar-refractivity contribution < 1.29 is 4.79 Å². The van der Waals surface area contributed by atoms with Crippen LogP contribution >= 0.6 is 0 Å². The van der Waals surface area contributed by atoms with Crippen LogP contribution in [0.15, 0.2) is 67.3 Å². The van der Waals surface area contributed by atoms with Gasteiger partial charge in [0.05, 0.1) is 0 Å². The molecular formula is C16H14O. The lowest BCUT2D eigenvalue weighted by Gasteiger charge is -2.03. The largest absolute Gasteiger partial charge is 0.289 e. The van der Waals surface area contributed by atoms with Crippen molar-refractivity contribution in [2.75, 3.05) is 0 Å². The van der Waals surface area contributed by atoms with Crippen molar-refractivity contribution in [1.82, 2.24) is 0 Å². The zero-order valence-electron chi connectivity index (χ0n) is 9.60. The average molecular weight is 222 g/mol. The lowest BCUT2D eigenvalue weighted by Crippen LogP contribution is -1.95. The van der Waals surface area contributed by atoms with E-state index in [0.29, 0.717) is 5.56 Å². The van der Waals surface area contributed by atoms with Gasteiger partial charge in [0.15, 0.2) is 5.78 Å². The second-order valence-corrected chi connectivity index (χ2v) is 3.93. The Bertz CT molecular complexity index is 526. The van der Waals surface area contributed by atoms with Crippen LogP contribution in [0.2, 0.25) is 0 Å². The van der Waals surface area contributed by atoms with E-state index in [0.717, 1.165) is 12.0 Å². The van der Waals surface area contributed by atoms with Gasteiger partial charge in [-0.05, 0) is 29.7 Å². The lowest BCUT2D eigenvalue weighted by molar-refractivity contribution is 0.104. The summed E-state index contributed by atoms with van der Waals surface area (Å²) in [6.07, 6.45) is 2.20. The minimum atomic E-state index is -0.0279. The van der Waals surface area contributed by atoms with Gasteiger partial charge in [-0.25, -0.2) is 0 Å². The zero-order valence-corrected chi connectivity index (χ0v) is 9.60. The van der Waals surface area contributed by atoms with Gasteiger partial charge in [-0.2, -0.15) is 0 Å². The van der Waals surface area contributed by atoms with Crippen LogP contribution < -0.4 is 0 Å². The molecule has 0 fully saturated rings. The molecule has 0 saturated heterocycles. The Kier molecular flexibility index (Phi) is 3.51. The van der Waals surface area contributed by atoms with Crippen molar-refractivity contribution in [3.8, 4) is 0 Å². The maximum absolute atomic E-state index is 11.5. The Hall–Kier alpha value is -2.15. The summed E-state index contributed by atoms with van der Waals surface area (Å²) in [6.45, 7) is 3.50. The quantitative estimate of drug-likeness (QED) is 0.570. The van der Waals surface area contributed by atoms with Crippen molar-refractivity contribution in [1.29, 1.82) is 0 Å². The molecule has 1 heteroatoms. The average Bonchev–Trinajstić information content (AvgIpc) is 2.39. The summed E-state index contributed by atoms with van der Waals surface area (Å²) in [5.41, 5.74) is 3.09. The SMILES string of the molecule is C=CC(=O)c1cccc(Cc2ccccc2)c1. The number of hydrogen-bond donors (Lipinski definition) is 0. The van der Waals surface area contributed by atoms with Crippen LogP contribution in [-0.2, 0) is 6.42 Å². The molecule has 0 atom stereocenters. The van der Waals surface area contributed by atoms with Crippen LogP contribution in [0, 0.1) is 0 Å². The van der Waals surface area contributed by atoms with Crippen LogP contribution in [0.1, 0.15) is 21.5 Å². The number of carbonyl (C=O) groups excluding carboxylic acids is 1. The van der Waals surface area contributed by atoms with Gasteiger partial charge >= 0.3 is 0 Å². The fourth-order valence-corrected chi connectivity index (χ4v) is 1.78. The molecule has 0 heterocycles. The molecule has 0 aliphatic rings. The van der Waals surface area contributed by atoms with Crippen LogP contribution in [0.25, 0.3) is 0 Å². The molecule has 0 saturated carbocycles. The summed E-state index contributed by atoms with van der Waals surface area (Å²) in [5.74, 6) is -0.0279. The molecule has 17 heavy (non-hydrogen) atoms. The first-order valence-electron chi connectivity index (χ1n) is 5.59. The predicted octanol–water partition coefficient (Wildman–Crippen LogP) is 3.65. The molecule has 0 spiro atoms. The van der Waals surface area contributed by atoms with Gasteiger partial charge in [0.25, 0.3) is 0 Å².